The van der Waals surface area contributed by atoms with Crippen molar-refractivity contribution in [1.82, 2.24) is 14.5 Å². The molecule has 0 unspecified atom stereocenters. The summed E-state index contributed by atoms with van der Waals surface area (Å²) in [6, 6.07) is 13.0. The van der Waals surface area contributed by atoms with Gasteiger partial charge in [-0.3, -0.25) is 19.7 Å². The number of morpholine rings is 1. The highest BCUT2D eigenvalue weighted by molar-refractivity contribution is 5.91. The Balaban J connectivity index is 1.59. The van der Waals surface area contributed by atoms with Gasteiger partial charge in [0.15, 0.2) is 0 Å². The zero-order valence-electron chi connectivity index (χ0n) is 16.6. The van der Waals surface area contributed by atoms with Gasteiger partial charge in [0.1, 0.15) is 5.56 Å². The molecule has 1 fully saturated rings. The molecule has 8 nitrogen and oxygen atoms in total. The van der Waals surface area contributed by atoms with E-state index in [1.165, 1.54) is 6.21 Å². The number of aromatic nitrogens is 2. The first kappa shape index (κ1) is 20.1. The number of hydrogen-bond donors (Lipinski definition) is 2. The quantitative estimate of drug-likeness (QED) is 0.476. The van der Waals surface area contributed by atoms with Gasteiger partial charge in [-0.1, -0.05) is 36.4 Å². The third-order valence-corrected chi connectivity index (χ3v) is 5.21. The Morgan fingerprint density at radius 3 is 2.70 bits per heavy atom. The molecule has 0 radical (unpaired) electrons. The van der Waals surface area contributed by atoms with Crippen LogP contribution < -0.4 is 11.2 Å². The number of hydrogen-bond acceptors (Lipinski definition) is 6. The molecule has 4 rings (SSSR count). The summed E-state index contributed by atoms with van der Waals surface area (Å²) in [5, 5.41) is 12.5. The molecule has 1 aliphatic rings. The number of rotatable bonds is 6. The molecule has 0 saturated carbocycles. The van der Waals surface area contributed by atoms with E-state index >= 15 is 0 Å². The van der Waals surface area contributed by atoms with Gasteiger partial charge in [-0.25, -0.2) is 9.36 Å². The Morgan fingerprint density at radius 1 is 1.10 bits per heavy atom. The fourth-order valence-corrected chi connectivity index (χ4v) is 3.65. The number of fused-ring (bicyclic) bond motifs is 1. The van der Waals surface area contributed by atoms with E-state index in [1.54, 1.807) is 12.1 Å². The molecule has 1 saturated heterocycles. The topological polar surface area (TPSA) is 99.9 Å². The standard InChI is InChI=1S/C22H24N4O4/c27-20-18(15-23-9-4-10-25-11-13-30-14-12-25)21(28)26(22(29)24-20)19-8-3-6-16-5-1-2-7-17(16)19/h1-3,5-8,15,28H,4,9-14H2,(H,24,27,29). The summed E-state index contributed by atoms with van der Waals surface area (Å²) in [5.74, 6) is -0.419. The maximum atomic E-state index is 12.5. The molecule has 0 amide bonds. The van der Waals surface area contributed by atoms with Gasteiger partial charge in [-0.05, 0) is 17.9 Å². The lowest BCUT2D eigenvalue weighted by Gasteiger charge is -2.26. The average molecular weight is 408 g/mol. The SMILES string of the molecule is O=c1[nH]c(=O)n(-c2cccc3ccccc23)c(O)c1C=NCCCN1CCOCC1. The molecule has 156 valence electrons. The minimum Gasteiger partial charge on any atom is -0.493 e. The highest BCUT2D eigenvalue weighted by Gasteiger charge is 2.16. The fraction of sp³-hybridized carbons (Fsp3) is 0.318. The zero-order valence-corrected chi connectivity index (χ0v) is 16.6. The Morgan fingerprint density at radius 2 is 1.87 bits per heavy atom. The fourth-order valence-electron chi connectivity index (χ4n) is 3.65. The number of aliphatic imine (C=N–C) groups is 1. The van der Waals surface area contributed by atoms with Crippen LogP contribution in [0.5, 0.6) is 5.88 Å². The molecule has 3 aromatic rings. The van der Waals surface area contributed by atoms with Crippen LogP contribution in [-0.2, 0) is 4.74 Å². The van der Waals surface area contributed by atoms with Crippen molar-refractivity contribution in [3.05, 3.63) is 68.9 Å². The van der Waals surface area contributed by atoms with Crippen molar-refractivity contribution in [2.24, 2.45) is 4.99 Å². The predicted molar refractivity (Wildman–Crippen MR) is 116 cm³/mol. The van der Waals surface area contributed by atoms with E-state index in [0.717, 1.165) is 54.6 Å². The molecular formula is C22H24N4O4. The second kappa shape index (κ2) is 9.06. The first-order valence-electron chi connectivity index (χ1n) is 10.0. The number of ether oxygens (including phenoxy) is 1. The molecular weight excluding hydrogens is 384 g/mol. The lowest BCUT2D eigenvalue weighted by Crippen LogP contribution is -2.37. The van der Waals surface area contributed by atoms with Crippen molar-refractivity contribution in [3.63, 3.8) is 0 Å². The van der Waals surface area contributed by atoms with Crippen molar-refractivity contribution < 1.29 is 9.84 Å². The van der Waals surface area contributed by atoms with Crippen LogP contribution in [0.25, 0.3) is 16.5 Å². The summed E-state index contributed by atoms with van der Waals surface area (Å²) in [6.07, 6.45) is 2.17. The lowest BCUT2D eigenvalue weighted by molar-refractivity contribution is 0.0377. The summed E-state index contributed by atoms with van der Waals surface area (Å²) in [5.41, 5.74) is -0.896. The Kier molecular flexibility index (Phi) is 6.06. The zero-order chi connectivity index (χ0) is 20.9. The molecule has 1 aromatic heterocycles. The average Bonchev–Trinajstić information content (AvgIpc) is 2.76. The smallest absolute Gasteiger partial charge is 0.335 e. The molecule has 8 heteroatoms. The normalized spacial score (nSPS) is 15.2. The third kappa shape index (κ3) is 4.19. The van der Waals surface area contributed by atoms with Crippen molar-refractivity contribution in [1.29, 1.82) is 0 Å². The van der Waals surface area contributed by atoms with Gasteiger partial charge in [0.25, 0.3) is 5.56 Å². The van der Waals surface area contributed by atoms with Crippen LogP contribution >= 0.6 is 0 Å². The van der Waals surface area contributed by atoms with Gasteiger partial charge in [-0.15, -0.1) is 0 Å². The van der Waals surface area contributed by atoms with E-state index < -0.39 is 17.1 Å². The molecule has 0 aliphatic carbocycles. The van der Waals surface area contributed by atoms with Crippen LogP contribution in [0.15, 0.2) is 57.0 Å². The second-order valence-corrected chi connectivity index (χ2v) is 7.17. The van der Waals surface area contributed by atoms with Gasteiger partial charge in [0, 0.05) is 37.8 Å². The van der Waals surface area contributed by atoms with Crippen LogP contribution in [0.1, 0.15) is 12.0 Å². The van der Waals surface area contributed by atoms with Gasteiger partial charge in [-0.2, -0.15) is 0 Å². The Labute approximate surface area is 173 Å². The summed E-state index contributed by atoms with van der Waals surface area (Å²) < 4.78 is 6.44. The first-order chi connectivity index (χ1) is 14.6. The highest BCUT2D eigenvalue weighted by atomic mass is 16.5. The number of nitrogens with zero attached hydrogens (tertiary/aromatic N) is 3. The van der Waals surface area contributed by atoms with Crippen molar-refractivity contribution in [3.8, 4) is 11.6 Å². The first-order valence-corrected chi connectivity index (χ1v) is 10.0. The second-order valence-electron chi connectivity index (χ2n) is 7.17. The molecule has 0 bridgehead atoms. The van der Waals surface area contributed by atoms with E-state index in [2.05, 4.69) is 14.9 Å². The van der Waals surface area contributed by atoms with Gasteiger partial charge >= 0.3 is 5.69 Å². The number of benzene rings is 2. The van der Waals surface area contributed by atoms with Crippen molar-refractivity contribution in [2.75, 3.05) is 39.4 Å². The number of H-pyrrole nitrogens is 1. The van der Waals surface area contributed by atoms with Crippen LogP contribution in [0.3, 0.4) is 0 Å². The largest absolute Gasteiger partial charge is 0.493 e. The Bertz CT molecular complexity index is 1170. The minimum atomic E-state index is -0.696. The molecule has 0 atom stereocenters. The van der Waals surface area contributed by atoms with Crippen molar-refractivity contribution in [2.45, 2.75) is 6.42 Å². The number of aromatic hydroxyl groups is 1. The van der Waals surface area contributed by atoms with E-state index in [0.29, 0.717) is 12.2 Å². The lowest BCUT2D eigenvalue weighted by atomic mass is 10.1. The highest BCUT2D eigenvalue weighted by Crippen LogP contribution is 2.24. The van der Waals surface area contributed by atoms with Gasteiger partial charge < -0.3 is 9.84 Å². The van der Waals surface area contributed by atoms with Crippen LogP contribution in [0.2, 0.25) is 0 Å². The molecule has 2 aromatic carbocycles. The molecule has 1 aliphatic heterocycles. The van der Waals surface area contributed by atoms with E-state index in [1.807, 2.05) is 30.3 Å². The predicted octanol–water partition coefficient (Wildman–Crippen LogP) is 1.53. The van der Waals surface area contributed by atoms with Crippen LogP contribution in [0, 0.1) is 0 Å². The van der Waals surface area contributed by atoms with Crippen molar-refractivity contribution >= 4 is 17.0 Å². The minimum absolute atomic E-state index is 0.0334. The maximum absolute atomic E-state index is 12.5. The molecule has 30 heavy (non-hydrogen) atoms. The molecule has 2 heterocycles. The summed E-state index contributed by atoms with van der Waals surface area (Å²) >= 11 is 0. The summed E-state index contributed by atoms with van der Waals surface area (Å²) in [4.78, 5) is 33.7. The monoisotopic (exact) mass is 408 g/mol. The number of nitrogens with one attached hydrogen (secondary N) is 1. The van der Waals surface area contributed by atoms with Crippen LogP contribution in [0.4, 0.5) is 0 Å². The van der Waals surface area contributed by atoms with E-state index in [4.69, 9.17) is 4.74 Å². The van der Waals surface area contributed by atoms with Gasteiger partial charge in [0.05, 0.1) is 18.9 Å². The van der Waals surface area contributed by atoms with Crippen LogP contribution in [-0.4, -0.2) is 65.2 Å². The van der Waals surface area contributed by atoms with Gasteiger partial charge in [0.2, 0.25) is 5.88 Å². The summed E-state index contributed by atoms with van der Waals surface area (Å²) in [7, 11) is 0. The molecule has 2 N–H and O–H groups in total. The van der Waals surface area contributed by atoms with E-state index in [9.17, 15) is 14.7 Å². The maximum Gasteiger partial charge on any atom is 0.335 e. The number of aromatic amines is 1. The molecule has 0 spiro atoms. The third-order valence-electron chi connectivity index (χ3n) is 5.21. The summed E-state index contributed by atoms with van der Waals surface area (Å²) in [6.45, 7) is 4.76. The van der Waals surface area contributed by atoms with E-state index in [-0.39, 0.29) is 5.56 Å². The Hall–Kier alpha value is -3.23.